The second-order valence-corrected chi connectivity index (χ2v) is 4.02. The van der Waals surface area contributed by atoms with Gasteiger partial charge >= 0.3 is 0 Å². The van der Waals surface area contributed by atoms with Crippen molar-refractivity contribution in [3.05, 3.63) is 11.9 Å². The van der Waals surface area contributed by atoms with Gasteiger partial charge in [-0.2, -0.15) is 4.98 Å². The van der Waals surface area contributed by atoms with Crippen LogP contribution in [-0.2, 0) is 0 Å². The zero-order valence-corrected chi connectivity index (χ0v) is 10.8. The summed E-state index contributed by atoms with van der Waals surface area (Å²) >= 11 is 0. The third-order valence-electron chi connectivity index (χ3n) is 2.71. The van der Waals surface area contributed by atoms with E-state index in [1.807, 2.05) is 6.92 Å². The highest BCUT2D eigenvalue weighted by Gasteiger charge is 2.22. The third-order valence-corrected chi connectivity index (χ3v) is 2.71. The van der Waals surface area contributed by atoms with Crippen molar-refractivity contribution in [2.24, 2.45) is 5.92 Å². The van der Waals surface area contributed by atoms with E-state index >= 15 is 0 Å². The number of rotatable bonds is 6. The Hall–Kier alpha value is -1.36. The number of aliphatic hydroxyl groups excluding tert-OH is 1. The van der Waals surface area contributed by atoms with Crippen LogP contribution < -0.4 is 9.47 Å². The predicted octanol–water partition coefficient (Wildman–Crippen LogP) is 1.96. The van der Waals surface area contributed by atoms with E-state index in [2.05, 4.69) is 16.9 Å². The van der Waals surface area contributed by atoms with Crippen LogP contribution in [0.25, 0.3) is 0 Å². The van der Waals surface area contributed by atoms with Crippen molar-refractivity contribution in [1.82, 2.24) is 9.97 Å². The average Bonchev–Trinajstić information content (AvgIpc) is 2.37. The molecule has 0 aliphatic rings. The highest BCUT2D eigenvalue weighted by atomic mass is 16.5. The Morgan fingerprint density at radius 3 is 2.59 bits per heavy atom. The number of aromatic nitrogens is 2. The van der Waals surface area contributed by atoms with E-state index in [-0.39, 0.29) is 5.92 Å². The summed E-state index contributed by atoms with van der Waals surface area (Å²) in [5.74, 6) is 0.817. The minimum atomic E-state index is -0.664. The van der Waals surface area contributed by atoms with Gasteiger partial charge in [0.05, 0.1) is 20.4 Å². The van der Waals surface area contributed by atoms with Gasteiger partial charge in [-0.15, -0.1) is 0 Å². The molecule has 0 saturated heterocycles. The van der Waals surface area contributed by atoms with Crippen LogP contribution in [-0.4, -0.2) is 29.3 Å². The number of hydrogen-bond donors (Lipinski definition) is 1. The topological polar surface area (TPSA) is 64.5 Å². The molecule has 1 rings (SSSR count). The summed E-state index contributed by atoms with van der Waals surface area (Å²) in [5.41, 5.74) is 0.467. The van der Waals surface area contributed by atoms with Crippen LogP contribution in [0, 0.1) is 5.92 Å². The fraction of sp³-hybridized carbons (Fsp3) is 0.667. The fourth-order valence-corrected chi connectivity index (χ4v) is 1.70. The van der Waals surface area contributed by atoms with E-state index in [0.717, 1.165) is 12.8 Å². The monoisotopic (exact) mass is 240 g/mol. The maximum atomic E-state index is 10.2. The first-order chi connectivity index (χ1) is 8.13. The van der Waals surface area contributed by atoms with E-state index in [9.17, 15) is 5.11 Å². The second-order valence-electron chi connectivity index (χ2n) is 4.02. The zero-order valence-electron chi connectivity index (χ0n) is 10.8. The SMILES string of the molecule is CCCC(C)C(O)c1ncc(OC)nc1OC. The van der Waals surface area contributed by atoms with Crippen molar-refractivity contribution in [1.29, 1.82) is 0 Å². The molecule has 2 unspecified atom stereocenters. The third kappa shape index (κ3) is 3.30. The van der Waals surface area contributed by atoms with Gasteiger partial charge in [-0.05, 0) is 12.3 Å². The zero-order chi connectivity index (χ0) is 12.8. The highest BCUT2D eigenvalue weighted by molar-refractivity contribution is 5.24. The van der Waals surface area contributed by atoms with Crippen LogP contribution in [0.15, 0.2) is 6.20 Å². The molecule has 0 saturated carbocycles. The molecule has 1 N–H and O–H groups in total. The summed E-state index contributed by atoms with van der Waals surface area (Å²) in [7, 11) is 3.02. The van der Waals surface area contributed by atoms with Crippen molar-refractivity contribution in [3.8, 4) is 11.8 Å². The first-order valence-electron chi connectivity index (χ1n) is 5.77. The number of methoxy groups -OCH3 is 2. The van der Waals surface area contributed by atoms with E-state index < -0.39 is 6.10 Å². The van der Waals surface area contributed by atoms with Gasteiger partial charge in [0.25, 0.3) is 0 Å². The quantitative estimate of drug-likeness (QED) is 0.823. The lowest BCUT2D eigenvalue weighted by Gasteiger charge is -2.19. The molecule has 0 amide bonds. The molecule has 96 valence electrons. The Morgan fingerprint density at radius 2 is 2.06 bits per heavy atom. The molecule has 1 aromatic rings. The Balaban J connectivity index is 2.96. The first-order valence-corrected chi connectivity index (χ1v) is 5.77. The van der Waals surface area contributed by atoms with Crippen LogP contribution in [0.5, 0.6) is 11.8 Å². The summed E-state index contributed by atoms with van der Waals surface area (Å²) in [5, 5.41) is 10.2. The van der Waals surface area contributed by atoms with Gasteiger partial charge in [0.15, 0.2) is 0 Å². The van der Waals surface area contributed by atoms with Gasteiger partial charge in [0.1, 0.15) is 11.8 Å². The van der Waals surface area contributed by atoms with Gasteiger partial charge in [-0.1, -0.05) is 20.3 Å². The molecule has 0 aliphatic heterocycles. The van der Waals surface area contributed by atoms with Crippen LogP contribution in [0.3, 0.4) is 0 Å². The molecule has 17 heavy (non-hydrogen) atoms. The molecule has 5 nitrogen and oxygen atoms in total. The summed E-state index contributed by atoms with van der Waals surface area (Å²) in [6.07, 6.45) is 2.77. The molecule has 1 aromatic heterocycles. The largest absolute Gasteiger partial charge is 0.480 e. The minimum absolute atomic E-state index is 0.122. The van der Waals surface area contributed by atoms with Crippen LogP contribution in [0.4, 0.5) is 0 Å². The summed E-state index contributed by atoms with van der Waals surface area (Å²) in [4.78, 5) is 8.27. The van der Waals surface area contributed by atoms with Crippen molar-refractivity contribution in [2.45, 2.75) is 32.8 Å². The molecule has 1 heterocycles. The smallest absolute Gasteiger partial charge is 0.241 e. The van der Waals surface area contributed by atoms with Crippen LogP contribution in [0.2, 0.25) is 0 Å². The van der Waals surface area contributed by atoms with Gasteiger partial charge in [-0.25, -0.2) is 4.98 Å². The number of aliphatic hydroxyl groups is 1. The van der Waals surface area contributed by atoms with Gasteiger partial charge in [0, 0.05) is 0 Å². The van der Waals surface area contributed by atoms with Gasteiger partial charge in [0.2, 0.25) is 11.8 Å². The van der Waals surface area contributed by atoms with E-state index in [4.69, 9.17) is 9.47 Å². The second kappa shape index (κ2) is 6.39. The maximum absolute atomic E-state index is 10.2. The van der Waals surface area contributed by atoms with E-state index in [1.54, 1.807) is 0 Å². The molecular weight excluding hydrogens is 220 g/mol. The number of nitrogens with zero attached hydrogens (tertiary/aromatic N) is 2. The predicted molar refractivity (Wildman–Crippen MR) is 64.2 cm³/mol. The normalized spacial score (nSPS) is 14.2. The molecule has 0 aliphatic carbocycles. The van der Waals surface area contributed by atoms with E-state index in [0.29, 0.717) is 17.5 Å². The lowest BCUT2D eigenvalue weighted by Crippen LogP contribution is -2.13. The molecule has 0 bridgehead atoms. The summed E-state index contributed by atoms with van der Waals surface area (Å²) in [6, 6.07) is 0. The fourth-order valence-electron chi connectivity index (χ4n) is 1.70. The Labute approximate surface area is 102 Å². The maximum Gasteiger partial charge on any atom is 0.241 e. The summed E-state index contributed by atoms with van der Waals surface area (Å²) < 4.78 is 10.1. The minimum Gasteiger partial charge on any atom is -0.480 e. The van der Waals surface area contributed by atoms with Gasteiger partial charge < -0.3 is 14.6 Å². The Morgan fingerprint density at radius 1 is 1.35 bits per heavy atom. The average molecular weight is 240 g/mol. The van der Waals surface area contributed by atoms with Crippen molar-refractivity contribution < 1.29 is 14.6 Å². The number of ether oxygens (including phenoxy) is 2. The number of hydrogen-bond acceptors (Lipinski definition) is 5. The molecule has 0 radical (unpaired) electrons. The van der Waals surface area contributed by atoms with Crippen LogP contribution >= 0.6 is 0 Å². The lowest BCUT2D eigenvalue weighted by molar-refractivity contribution is 0.104. The Kier molecular flexibility index (Phi) is 5.15. The Bertz CT molecular complexity index is 358. The summed E-state index contributed by atoms with van der Waals surface area (Å²) in [6.45, 7) is 4.07. The van der Waals surface area contributed by atoms with Crippen molar-refractivity contribution in [3.63, 3.8) is 0 Å². The molecule has 0 spiro atoms. The molecule has 0 aromatic carbocycles. The van der Waals surface area contributed by atoms with Crippen LogP contribution in [0.1, 0.15) is 38.5 Å². The van der Waals surface area contributed by atoms with Crippen molar-refractivity contribution >= 4 is 0 Å². The molecular formula is C12H20N2O3. The molecule has 2 atom stereocenters. The standard InChI is InChI=1S/C12H20N2O3/c1-5-6-8(2)11(15)10-12(17-4)14-9(16-3)7-13-10/h7-8,11,15H,5-6H2,1-4H3. The van der Waals surface area contributed by atoms with E-state index in [1.165, 1.54) is 20.4 Å². The first kappa shape index (κ1) is 13.7. The molecule has 0 fully saturated rings. The van der Waals surface area contributed by atoms with Gasteiger partial charge in [-0.3, -0.25) is 0 Å². The molecule has 5 heteroatoms. The highest BCUT2D eigenvalue weighted by Crippen LogP contribution is 2.30. The van der Waals surface area contributed by atoms with Crippen molar-refractivity contribution in [2.75, 3.05) is 14.2 Å². The lowest BCUT2D eigenvalue weighted by atomic mass is 9.97.